The molecule has 0 radical (unpaired) electrons. The molecule has 2 N–H and O–H groups in total. The van der Waals surface area contributed by atoms with Crippen molar-refractivity contribution in [3.05, 3.63) is 58.3 Å². The lowest BCUT2D eigenvalue weighted by Gasteiger charge is -2.07. The van der Waals surface area contributed by atoms with Gasteiger partial charge in [0.1, 0.15) is 5.75 Å². The summed E-state index contributed by atoms with van der Waals surface area (Å²) in [7, 11) is 1.51. The maximum Gasteiger partial charge on any atom is 0.287 e. The third-order valence-corrected chi connectivity index (χ3v) is 3.67. The molecule has 0 saturated carbocycles. The van der Waals surface area contributed by atoms with E-state index in [-0.39, 0.29) is 12.4 Å². The molecule has 0 saturated heterocycles. The molecule has 2 aromatic heterocycles. The predicted molar refractivity (Wildman–Crippen MR) is 95.5 cm³/mol. The van der Waals surface area contributed by atoms with Crippen LogP contribution in [0.1, 0.15) is 23.1 Å². The minimum Gasteiger partial charge on any atom is -0.497 e. The van der Waals surface area contributed by atoms with Gasteiger partial charge in [-0.15, -0.1) is 0 Å². The summed E-state index contributed by atoms with van der Waals surface area (Å²) in [6, 6.07) is 8.41. The van der Waals surface area contributed by atoms with E-state index in [1.807, 2.05) is 6.92 Å². The van der Waals surface area contributed by atoms with Crippen LogP contribution in [0.25, 0.3) is 10.9 Å². The number of amides is 1. The first-order valence-corrected chi connectivity index (χ1v) is 8.04. The lowest BCUT2D eigenvalue weighted by molar-refractivity contribution is 0.0940. The molecule has 0 bridgehead atoms. The number of rotatable bonds is 6. The highest BCUT2D eigenvalue weighted by molar-refractivity contribution is 5.92. The molecule has 8 nitrogen and oxygen atoms in total. The predicted octanol–water partition coefficient (Wildman–Crippen LogP) is 1.66. The number of benzene rings is 1. The Balaban J connectivity index is 1.77. The fourth-order valence-corrected chi connectivity index (χ4v) is 2.41. The van der Waals surface area contributed by atoms with E-state index < -0.39 is 11.5 Å². The molecule has 0 atom stereocenters. The van der Waals surface area contributed by atoms with Gasteiger partial charge < -0.3 is 19.8 Å². The van der Waals surface area contributed by atoms with Crippen molar-refractivity contribution >= 4 is 16.8 Å². The summed E-state index contributed by atoms with van der Waals surface area (Å²) < 4.78 is 10.4. The smallest absolute Gasteiger partial charge is 0.287 e. The monoisotopic (exact) mass is 354 g/mol. The summed E-state index contributed by atoms with van der Waals surface area (Å²) in [5, 5.41) is 3.08. The molecule has 0 aliphatic heterocycles. The fraction of sp³-hybridized carbons (Fsp3) is 0.222. The number of methoxy groups -OCH3 is 1. The highest BCUT2D eigenvalue weighted by atomic mass is 16.5. The molecule has 134 valence electrons. The minimum atomic E-state index is -0.477. The zero-order valence-corrected chi connectivity index (χ0v) is 14.4. The Labute approximate surface area is 149 Å². The van der Waals surface area contributed by atoms with Gasteiger partial charge in [0.25, 0.3) is 11.5 Å². The van der Waals surface area contributed by atoms with E-state index in [4.69, 9.17) is 9.47 Å². The minimum absolute atomic E-state index is 0.0493. The molecule has 26 heavy (non-hydrogen) atoms. The third kappa shape index (κ3) is 3.80. The van der Waals surface area contributed by atoms with Gasteiger partial charge in [-0.3, -0.25) is 9.59 Å². The number of hydrogen-bond acceptors (Lipinski definition) is 6. The van der Waals surface area contributed by atoms with E-state index in [2.05, 4.69) is 20.3 Å². The number of carbonyl (C=O) groups excluding carboxylic acids is 1. The lowest BCUT2D eigenvalue weighted by atomic mass is 10.2. The molecule has 0 spiro atoms. The number of ether oxygens (including phenoxy) is 2. The average Bonchev–Trinajstić information content (AvgIpc) is 2.66. The van der Waals surface area contributed by atoms with Crippen LogP contribution in [-0.2, 0) is 6.54 Å². The number of nitrogens with one attached hydrogen (secondary N) is 2. The van der Waals surface area contributed by atoms with Gasteiger partial charge in [0.05, 0.1) is 24.6 Å². The molecule has 2 heterocycles. The third-order valence-electron chi connectivity index (χ3n) is 3.67. The van der Waals surface area contributed by atoms with Crippen LogP contribution < -0.4 is 20.3 Å². The maximum absolute atomic E-state index is 12.3. The number of hydrogen-bond donors (Lipinski definition) is 2. The van der Waals surface area contributed by atoms with Crippen LogP contribution in [-0.4, -0.2) is 34.6 Å². The van der Waals surface area contributed by atoms with Gasteiger partial charge in [-0.1, -0.05) is 0 Å². The topological polar surface area (TPSA) is 106 Å². The SMILES string of the molecule is CCOc1cc(CNC(=O)c2nc3ccc(OC)cc3c(=O)[nH]2)ccn1. The van der Waals surface area contributed by atoms with E-state index in [0.29, 0.717) is 29.1 Å². The van der Waals surface area contributed by atoms with Crippen molar-refractivity contribution in [2.45, 2.75) is 13.5 Å². The molecule has 0 unspecified atom stereocenters. The van der Waals surface area contributed by atoms with Crippen LogP contribution >= 0.6 is 0 Å². The zero-order chi connectivity index (χ0) is 18.5. The van der Waals surface area contributed by atoms with Gasteiger partial charge in [-0.25, -0.2) is 9.97 Å². The van der Waals surface area contributed by atoms with Crippen LogP contribution in [0.4, 0.5) is 0 Å². The van der Waals surface area contributed by atoms with E-state index in [1.165, 1.54) is 7.11 Å². The Morgan fingerprint density at radius 3 is 2.88 bits per heavy atom. The molecule has 0 fully saturated rings. The van der Waals surface area contributed by atoms with Crippen LogP contribution in [0, 0.1) is 0 Å². The second kappa shape index (κ2) is 7.64. The van der Waals surface area contributed by atoms with E-state index >= 15 is 0 Å². The Morgan fingerprint density at radius 2 is 2.12 bits per heavy atom. The van der Waals surface area contributed by atoms with Crippen molar-refractivity contribution in [3.63, 3.8) is 0 Å². The fourth-order valence-electron chi connectivity index (χ4n) is 2.41. The van der Waals surface area contributed by atoms with Crippen molar-refractivity contribution in [3.8, 4) is 11.6 Å². The van der Waals surface area contributed by atoms with Crippen molar-refractivity contribution in [2.75, 3.05) is 13.7 Å². The van der Waals surface area contributed by atoms with E-state index in [0.717, 1.165) is 5.56 Å². The molecule has 3 aromatic rings. The summed E-state index contributed by atoms with van der Waals surface area (Å²) in [5.74, 6) is 0.511. The van der Waals surface area contributed by atoms with Crippen molar-refractivity contribution < 1.29 is 14.3 Å². The first-order valence-electron chi connectivity index (χ1n) is 8.04. The van der Waals surface area contributed by atoms with Gasteiger partial charge in [0, 0.05) is 18.8 Å². The number of aromatic amines is 1. The van der Waals surface area contributed by atoms with Gasteiger partial charge in [-0.05, 0) is 36.8 Å². The Kier molecular flexibility index (Phi) is 5.12. The van der Waals surface area contributed by atoms with Crippen LogP contribution in [0.5, 0.6) is 11.6 Å². The summed E-state index contributed by atoms with van der Waals surface area (Å²) >= 11 is 0. The molecule has 1 aromatic carbocycles. The van der Waals surface area contributed by atoms with Gasteiger partial charge in [0.15, 0.2) is 5.82 Å². The second-order valence-corrected chi connectivity index (χ2v) is 5.42. The number of aromatic nitrogens is 3. The van der Waals surface area contributed by atoms with Crippen molar-refractivity contribution in [1.29, 1.82) is 0 Å². The number of nitrogens with zero attached hydrogens (tertiary/aromatic N) is 2. The number of H-pyrrole nitrogens is 1. The summed E-state index contributed by atoms with van der Waals surface area (Å²) in [6.45, 7) is 2.63. The standard InChI is InChI=1S/C18H18N4O4/c1-3-26-15-8-11(6-7-19-15)10-20-18(24)16-21-14-5-4-12(25-2)9-13(14)17(23)22-16/h4-9H,3,10H2,1-2H3,(H,20,24)(H,21,22,23). The van der Waals surface area contributed by atoms with Gasteiger partial charge in [-0.2, -0.15) is 0 Å². The molecule has 1 amide bonds. The van der Waals surface area contributed by atoms with E-state index in [1.54, 1.807) is 36.5 Å². The molecular formula is C18H18N4O4. The summed E-state index contributed by atoms with van der Waals surface area (Å²) in [5.41, 5.74) is 0.841. The Bertz CT molecular complexity index is 1000. The second-order valence-electron chi connectivity index (χ2n) is 5.42. The molecule has 0 aliphatic rings. The highest BCUT2D eigenvalue weighted by Gasteiger charge is 2.12. The van der Waals surface area contributed by atoms with Crippen LogP contribution in [0.3, 0.4) is 0 Å². The van der Waals surface area contributed by atoms with Gasteiger partial charge in [0.2, 0.25) is 5.88 Å². The first-order chi connectivity index (χ1) is 12.6. The van der Waals surface area contributed by atoms with Crippen LogP contribution in [0.2, 0.25) is 0 Å². The Morgan fingerprint density at radius 1 is 1.27 bits per heavy atom. The molecule has 8 heteroatoms. The summed E-state index contributed by atoms with van der Waals surface area (Å²) in [4.78, 5) is 35.3. The van der Waals surface area contributed by atoms with Crippen molar-refractivity contribution in [2.24, 2.45) is 0 Å². The molecular weight excluding hydrogens is 336 g/mol. The molecule has 3 rings (SSSR count). The van der Waals surface area contributed by atoms with Crippen LogP contribution in [0.15, 0.2) is 41.3 Å². The molecule has 0 aliphatic carbocycles. The largest absolute Gasteiger partial charge is 0.497 e. The van der Waals surface area contributed by atoms with Gasteiger partial charge >= 0.3 is 0 Å². The summed E-state index contributed by atoms with van der Waals surface area (Å²) in [6.07, 6.45) is 1.61. The number of pyridine rings is 1. The van der Waals surface area contributed by atoms with Crippen molar-refractivity contribution in [1.82, 2.24) is 20.3 Å². The lowest BCUT2D eigenvalue weighted by Crippen LogP contribution is -2.27. The number of fused-ring (bicyclic) bond motifs is 1. The van der Waals surface area contributed by atoms with E-state index in [9.17, 15) is 9.59 Å². The average molecular weight is 354 g/mol. The maximum atomic E-state index is 12.3. The first kappa shape index (κ1) is 17.4. The zero-order valence-electron chi connectivity index (χ0n) is 14.4. The Hall–Kier alpha value is -3.42. The highest BCUT2D eigenvalue weighted by Crippen LogP contribution is 2.16. The quantitative estimate of drug-likeness (QED) is 0.697. The number of carbonyl (C=O) groups is 1. The normalized spacial score (nSPS) is 10.5.